The maximum atomic E-state index is 13.1. The van der Waals surface area contributed by atoms with Crippen LogP contribution in [0.15, 0.2) is 48.5 Å². The maximum Gasteiger partial charge on any atom is 0.224 e. The zero-order valence-electron chi connectivity index (χ0n) is 16.9. The summed E-state index contributed by atoms with van der Waals surface area (Å²) in [4.78, 5) is 15.2. The van der Waals surface area contributed by atoms with E-state index in [2.05, 4.69) is 59.7 Å². The number of rotatable bonds is 5. The summed E-state index contributed by atoms with van der Waals surface area (Å²) in [5, 5.41) is 2.30. The summed E-state index contributed by atoms with van der Waals surface area (Å²) in [6.45, 7) is 5.78. The molecule has 146 valence electrons. The molecule has 4 heteroatoms. The number of benzene rings is 2. The van der Waals surface area contributed by atoms with E-state index < -0.39 is 0 Å². The number of hydrogen-bond acceptors (Lipinski definition) is 2. The van der Waals surface area contributed by atoms with Crippen molar-refractivity contribution in [2.75, 3.05) is 13.7 Å². The third-order valence-electron chi connectivity index (χ3n) is 6.04. The third-order valence-corrected chi connectivity index (χ3v) is 6.04. The number of ether oxygens (including phenoxy) is 1. The van der Waals surface area contributed by atoms with E-state index in [0.717, 1.165) is 37.1 Å². The molecule has 0 saturated carbocycles. The molecule has 0 spiro atoms. The maximum absolute atomic E-state index is 13.1. The molecule has 1 atom stereocenters. The molecule has 1 fully saturated rings. The topological polar surface area (TPSA) is 34.5 Å². The highest BCUT2D eigenvalue weighted by atomic mass is 16.5. The summed E-state index contributed by atoms with van der Waals surface area (Å²) in [7, 11) is 1.71. The van der Waals surface area contributed by atoms with Gasteiger partial charge in [-0.2, -0.15) is 0 Å². The van der Waals surface area contributed by atoms with Crippen LogP contribution in [0.4, 0.5) is 0 Å². The molecule has 0 radical (unpaired) electrons. The minimum Gasteiger partial charge on any atom is -0.496 e. The SMILES string of the molecule is COc1ccc([C@@H]2CCCN2C(=O)CCn2c(C)ccc2C)c2ccccc12. The van der Waals surface area contributed by atoms with Crippen LogP contribution < -0.4 is 4.74 Å². The zero-order valence-corrected chi connectivity index (χ0v) is 16.9. The highest BCUT2D eigenvalue weighted by Gasteiger charge is 2.31. The summed E-state index contributed by atoms with van der Waals surface area (Å²) < 4.78 is 7.77. The summed E-state index contributed by atoms with van der Waals surface area (Å²) >= 11 is 0. The van der Waals surface area contributed by atoms with E-state index in [1.165, 1.54) is 22.3 Å². The number of carbonyl (C=O) groups is 1. The average Bonchev–Trinajstić information content (AvgIpc) is 3.32. The van der Waals surface area contributed by atoms with Gasteiger partial charge in [-0.3, -0.25) is 4.79 Å². The second kappa shape index (κ2) is 7.70. The number of aryl methyl sites for hydroxylation is 2. The molecular formula is C24H28N2O2. The van der Waals surface area contributed by atoms with Crippen LogP contribution in [0.1, 0.15) is 42.3 Å². The molecule has 1 amide bonds. The van der Waals surface area contributed by atoms with Crippen LogP contribution in [-0.4, -0.2) is 29.0 Å². The first-order chi connectivity index (χ1) is 13.6. The van der Waals surface area contributed by atoms with Crippen LogP contribution in [0.2, 0.25) is 0 Å². The van der Waals surface area contributed by atoms with Gasteiger partial charge in [0.1, 0.15) is 5.75 Å². The Morgan fingerprint density at radius 3 is 2.46 bits per heavy atom. The van der Waals surface area contributed by atoms with Crippen molar-refractivity contribution < 1.29 is 9.53 Å². The Labute approximate surface area is 166 Å². The van der Waals surface area contributed by atoms with Gasteiger partial charge >= 0.3 is 0 Å². The van der Waals surface area contributed by atoms with Gasteiger partial charge in [-0.25, -0.2) is 0 Å². The third kappa shape index (κ3) is 3.28. The standard InChI is InChI=1S/C24H28N2O2/c1-17-10-11-18(2)25(17)16-14-24(27)26-15-6-9-22(26)20-12-13-23(28-3)21-8-5-4-7-19(20)21/h4-5,7-8,10-13,22H,6,9,14-16H2,1-3H3/t22-/m0/s1. The van der Waals surface area contributed by atoms with Crippen molar-refractivity contribution in [3.05, 3.63) is 65.5 Å². The lowest BCUT2D eigenvalue weighted by Gasteiger charge is -2.27. The van der Waals surface area contributed by atoms with Crippen molar-refractivity contribution in [1.82, 2.24) is 9.47 Å². The minimum absolute atomic E-state index is 0.148. The molecule has 1 aromatic heterocycles. The van der Waals surface area contributed by atoms with Crippen LogP contribution in [0, 0.1) is 13.8 Å². The lowest BCUT2D eigenvalue weighted by atomic mass is 9.96. The van der Waals surface area contributed by atoms with E-state index >= 15 is 0 Å². The molecule has 4 rings (SSSR count). The molecule has 1 aliphatic rings. The van der Waals surface area contributed by atoms with Gasteiger partial charge in [-0.15, -0.1) is 0 Å². The van der Waals surface area contributed by atoms with E-state index in [9.17, 15) is 4.79 Å². The number of nitrogens with zero attached hydrogens (tertiary/aromatic N) is 2. The second-order valence-corrected chi connectivity index (χ2v) is 7.67. The van der Waals surface area contributed by atoms with E-state index in [1.807, 2.05) is 12.1 Å². The summed E-state index contributed by atoms with van der Waals surface area (Å²) in [6.07, 6.45) is 2.61. The Morgan fingerprint density at radius 1 is 1.04 bits per heavy atom. The highest BCUT2D eigenvalue weighted by molar-refractivity contribution is 5.92. The predicted molar refractivity (Wildman–Crippen MR) is 113 cm³/mol. The molecule has 0 N–H and O–H groups in total. The van der Waals surface area contributed by atoms with E-state index in [4.69, 9.17) is 4.74 Å². The number of amides is 1. The van der Waals surface area contributed by atoms with Gasteiger partial charge in [0.25, 0.3) is 0 Å². The number of likely N-dealkylation sites (tertiary alicyclic amines) is 1. The van der Waals surface area contributed by atoms with E-state index in [1.54, 1.807) is 7.11 Å². The Kier molecular flexibility index (Phi) is 5.12. The molecule has 1 saturated heterocycles. The molecule has 1 aliphatic heterocycles. The summed E-state index contributed by atoms with van der Waals surface area (Å²) in [5.74, 6) is 1.13. The van der Waals surface area contributed by atoms with Crippen molar-refractivity contribution in [2.24, 2.45) is 0 Å². The average molecular weight is 377 g/mol. The normalized spacial score (nSPS) is 16.7. The van der Waals surface area contributed by atoms with E-state index in [0.29, 0.717) is 6.42 Å². The molecule has 3 aromatic rings. The van der Waals surface area contributed by atoms with E-state index in [-0.39, 0.29) is 11.9 Å². The number of fused-ring (bicyclic) bond motifs is 1. The van der Waals surface area contributed by atoms with Gasteiger partial charge < -0.3 is 14.2 Å². The Bertz CT molecular complexity index is 986. The van der Waals surface area contributed by atoms with Gasteiger partial charge in [0.05, 0.1) is 13.2 Å². The van der Waals surface area contributed by atoms with Gasteiger partial charge in [-0.05, 0) is 55.8 Å². The highest BCUT2D eigenvalue weighted by Crippen LogP contribution is 2.39. The number of methoxy groups -OCH3 is 1. The van der Waals surface area contributed by atoms with Crippen LogP contribution in [0.25, 0.3) is 10.8 Å². The van der Waals surface area contributed by atoms with Crippen LogP contribution in [0.3, 0.4) is 0 Å². The van der Waals surface area contributed by atoms with Gasteiger partial charge in [0.2, 0.25) is 5.91 Å². The van der Waals surface area contributed by atoms with Gasteiger partial charge in [0.15, 0.2) is 0 Å². The summed E-state index contributed by atoms with van der Waals surface area (Å²) in [6, 6.07) is 16.9. The number of carbonyl (C=O) groups excluding carboxylic acids is 1. The quantitative estimate of drug-likeness (QED) is 0.626. The second-order valence-electron chi connectivity index (χ2n) is 7.67. The first kappa shape index (κ1) is 18.6. The number of hydrogen-bond donors (Lipinski definition) is 0. The van der Waals surface area contributed by atoms with Crippen molar-refractivity contribution in [3.8, 4) is 5.75 Å². The molecule has 28 heavy (non-hydrogen) atoms. The fraction of sp³-hybridized carbons (Fsp3) is 0.375. The molecule has 0 unspecified atom stereocenters. The lowest BCUT2D eigenvalue weighted by molar-refractivity contribution is -0.132. The summed E-state index contributed by atoms with van der Waals surface area (Å²) in [5.41, 5.74) is 3.66. The smallest absolute Gasteiger partial charge is 0.224 e. The number of aromatic nitrogens is 1. The van der Waals surface area contributed by atoms with Gasteiger partial charge in [-0.1, -0.05) is 30.3 Å². The largest absolute Gasteiger partial charge is 0.496 e. The molecule has 2 aromatic carbocycles. The van der Waals surface area contributed by atoms with Crippen LogP contribution >= 0.6 is 0 Å². The van der Waals surface area contributed by atoms with Crippen LogP contribution in [0.5, 0.6) is 5.75 Å². The molecule has 0 aliphatic carbocycles. The first-order valence-electron chi connectivity index (χ1n) is 10.1. The predicted octanol–water partition coefficient (Wildman–Crippen LogP) is 5.02. The monoisotopic (exact) mass is 376 g/mol. The Hall–Kier alpha value is -2.75. The van der Waals surface area contributed by atoms with Crippen molar-refractivity contribution in [3.63, 3.8) is 0 Å². The molecule has 0 bridgehead atoms. The minimum atomic E-state index is 0.148. The van der Waals surface area contributed by atoms with Gasteiger partial charge in [0, 0.05) is 36.3 Å². The fourth-order valence-electron chi connectivity index (χ4n) is 4.55. The zero-order chi connectivity index (χ0) is 19.7. The van der Waals surface area contributed by atoms with Crippen molar-refractivity contribution in [2.45, 2.75) is 45.7 Å². The van der Waals surface area contributed by atoms with Crippen molar-refractivity contribution >= 4 is 16.7 Å². The first-order valence-corrected chi connectivity index (χ1v) is 10.1. The Balaban J connectivity index is 1.59. The molecule has 2 heterocycles. The Morgan fingerprint density at radius 2 is 1.75 bits per heavy atom. The van der Waals surface area contributed by atoms with Crippen molar-refractivity contribution in [1.29, 1.82) is 0 Å². The fourth-order valence-corrected chi connectivity index (χ4v) is 4.55. The molecule has 4 nitrogen and oxygen atoms in total. The molecular weight excluding hydrogens is 348 g/mol. The van der Waals surface area contributed by atoms with Crippen LogP contribution in [-0.2, 0) is 11.3 Å². The lowest BCUT2D eigenvalue weighted by Crippen LogP contribution is -2.31.